The Hall–Kier alpha value is -0.810. The Labute approximate surface area is 114 Å². The van der Waals surface area contributed by atoms with Crippen LogP contribution in [0, 0.1) is 5.92 Å². The van der Waals surface area contributed by atoms with E-state index >= 15 is 0 Å². The lowest BCUT2D eigenvalue weighted by Crippen LogP contribution is -2.65. The molecule has 1 saturated carbocycles. The molecule has 0 N–H and O–H groups in total. The van der Waals surface area contributed by atoms with Crippen LogP contribution in [0.15, 0.2) is 0 Å². The summed E-state index contributed by atoms with van der Waals surface area (Å²) in [4.78, 5) is 14.0. The van der Waals surface area contributed by atoms with Crippen molar-refractivity contribution in [2.75, 3.05) is 20.3 Å². The predicted molar refractivity (Wildman–Crippen MR) is 68.7 cm³/mol. The van der Waals surface area contributed by atoms with E-state index in [4.69, 9.17) is 14.2 Å². The van der Waals surface area contributed by atoms with E-state index in [1.807, 2.05) is 11.8 Å². The number of ether oxygens (including phenoxy) is 3. The molecule has 0 unspecified atom stereocenters. The molecule has 2 saturated heterocycles. The number of hydrogen-bond donors (Lipinski definition) is 0. The summed E-state index contributed by atoms with van der Waals surface area (Å²) in [6, 6.07) is 0.205. The zero-order valence-corrected chi connectivity index (χ0v) is 11.8. The van der Waals surface area contributed by atoms with E-state index in [1.54, 1.807) is 0 Å². The molecule has 1 spiro atoms. The maximum atomic E-state index is 12.2. The fraction of sp³-hybridized carbons (Fsp3) is 0.929. The highest BCUT2D eigenvalue weighted by atomic mass is 16.7. The van der Waals surface area contributed by atoms with Crippen LogP contribution in [0.3, 0.4) is 0 Å². The number of rotatable bonds is 0. The number of carbonyl (C=O) groups is 1. The Morgan fingerprint density at radius 3 is 2.63 bits per heavy atom. The molecule has 0 bridgehead atoms. The van der Waals surface area contributed by atoms with Gasteiger partial charge in [-0.3, -0.25) is 4.90 Å². The number of fused-ring (bicyclic) bond motifs is 1. The molecule has 1 amide bonds. The number of methoxy groups -OCH3 is 1. The van der Waals surface area contributed by atoms with Gasteiger partial charge in [0.25, 0.3) is 0 Å². The van der Waals surface area contributed by atoms with E-state index in [-0.39, 0.29) is 18.2 Å². The molecule has 0 aromatic heterocycles. The largest absolute Gasteiger partial charge is 0.453 e. The highest BCUT2D eigenvalue weighted by Gasteiger charge is 2.55. The van der Waals surface area contributed by atoms with Crippen molar-refractivity contribution >= 4 is 6.09 Å². The Balaban J connectivity index is 1.90. The first-order valence-corrected chi connectivity index (χ1v) is 7.32. The number of likely N-dealkylation sites (tertiary alicyclic amines) is 1. The molecule has 2 heterocycles. The van der Waals surface area contributed by atoms with Crippen LogP contribution < -0.4 is 0 Å². The molecule has 3 rings (SSSR count). The number of nitrogens with zero attached hydrogens (tertiary/aromatic N) is 1. The van der Waals surface area contributed by atoms with Gasteiger partial charge in [0.05, 0.1) is 26.4 Å². The minimum atomic E-state index is -0.604. The molecule has 3 aliphatic rings. The number of amides is 1. The molecule has 0 aromatic carbocycles. The molecule has 5 nitrogen and oxygen atoms in total. The lowest BCUT2D eigenvalue weighted by molar-refractivity contribution is -0.237. The summed E-state index contributed by atoms with van der Waals surface area (Å²) >= 11 is 0. The van der Waals surface area contributed by atoms with Crippen LogP contribution in [0.5, 0.6) is 0 Å². The van der Waals surface area contributed by atoms with Gasteiger partial charge in [-0.05, 0) is 25.7 Å². The molecule has 0 aromatic rings. The van der Waals surface area contributed by atoms with Crippen LogP contribution in [0.4, 0.5) is 4.79 Å². The molecule has 0 radical (unpaired) electrons. The SMILES string of the molecule is COC(=O)N1[C@@H]2CCCC[C@@H]2CC2(OCCO2)[C@@H]1C. The smallest absolute Gasteiger partial charge is 0.410 e. The van der Waals surface area contributed by atoms with Crippen molar-refractivity contribution in [2.24, 2.45) is 5.92 Å². The summed E-state index contributed by atoms with van der Waals surface area (Å²) in [6.45, 7) is 3.26. The van der Waals surface area contributed by atoms with Crippen LogP contribution in [0.25, 0.3) is 0 Å². The van der Waals surface area contributed by atoms with Crippen molar-refractivity contribution < 1.29 is 19.0 Å². The fourth-order valence-corrected chi connectivity index (χ4v) is 4.06. The molecule has 3 atom stereocenters. The van der Waals surface area contributed by atoms with Gasteiger partial charge in [0, 0.05) is 12.5 Å². The van der Waals surface area contributed by atoms with E-state index < -0.39 is 5.79 Å². The predicted octanol–water partition coefficient (Wildman–Crippen LogP) is 2.15. The first-order valence-electron chi connectivity index (χ1n) is 7.32. The normalized spacial score (nSPS) is 37.2. The molecule has 19 heavy (non-hydrogen) atoms. The first-order chi connectivity index (χ1) is 9.18. The maximum absolute atomic E-state index is 12.2. The van der Waals surface area contributed by atoms with Crippen molar-refractivity contribution in [1.29, 1.82) is 0 Å². The summed E-state index contributed by atoms with van der Waals surface area (Å²) in [6.07, 6.45) is 5.31. The van der Waals surface area contributed by atoms with Crippen LogP contribution in [-0.2, 0) is 14.2 Å². The van der Waals surface area contributed by atoms with Gasteiger partial charge in [-0.1, -0.05) is 12.8 Å². The minimum absolute atomic E-state index is 0.0817. The van der Waals surface area contributed by atoms with Gasteiger partial charge in [-0.15, -0.1) is 0 Å². The maximum Gasteiger partial charge on any atom is 0.410 e. The Morgan fingerprint density at radius 2 is 1.95 bits per heavy atom. The van der Waals surface area contributed by atoms with E-state index in [0.717, 1.165) is 19.3 Å². The third-order valence-electron chi connectivity index (χ3n) is 4.99. The van der Waals surface area contributed by atoms with E-state index in [2.05, 4.69) is 0 Å². The van der Waals surface area contributed by atoms with Crippen molar-refractivity contribution in [1.82, 2.24) is 4.90 Å². The molecule has 2 aliphatic heterocycles. The lowest BCUT2D eigenvalue weighted by atomic mass is 9.74. The van der Waals surface area contributed by atoms with Crippen LogP contribution in [0.1, 0.15) is 39.0 Å². The summed E-state index contributed by atoms with van der Waals surface area (Å²) in [7, 11) is 1.45. The summed E-state index contributed by atoms with van der Waals surface area (Å²) < 4.78 is 16.8. The summed E-state index contributed by atoms with van der Waals surface area (Å²) in [5, 5.41) is 0. The van der Waals surface area contributed by atoms with Gasteiger partial charge in [-0.2, -0.15) is 0 Å². The van der Waals surface area contributed by atoms with Crippen molar-refractivity contribution in [3.63, 3.8) is 0 Å². The summed E-state index contributed by atoms with van der Waals surface area (Å²) in [5.74, 6) is -0.130. The average Bonchev–Trinajstić information content (AvgIpc) is 2.89. The van der Waals surface area contributed by atoms with Crippen LogP contribution in [-0.4, -0.2) is 49.2 Å². The molecular weight excluding hydrogens is 246 g/mol. The minimum Gasteiger partial charge on any atom is -0.453 e. The fourth-order valence-electron chi connectivity index (χ4n) is 4.06. The van der Waals surface area contributed by atoms with E-state index in [1.165, 1.54) is 20.0 Å². The second-order valence-electron chi connectivity index (χ2n) is 5.88. The number of hydrogen-bond acceptors (Lipinski definition) is 4. The second kappa shape index (κ2) is 4.94. The first kappa shape index (κ1) is 13.2. The van der Waals surface area contributed by atoms with Crippen molar-refractivity contribution in [2.45, 2.75) is 56.9 Å². The van der Waals surface area contributed by atoms with Gasteiger partial charge in [0.1, 0.15) is 0 Å². The monoisotopic (exact) mass is 269 g/mol. The van der Waals surface area contributed by atoms with Gasteiger partial charge in [0.15, 0.2) is 5.79 Å². The Kier molecular flexibility index (Phi) is 3.43. The van der Waals surface area contributed by atoms with Crippen LogP contribution in [0.2, 0.25) is 0 Å². The molecule has 1 aliphatic carbocycles. The summed E-state index contributed by atoms with van der Waals surface area (Å²) in [5.41, 5.74) is 0. The standard InChI is InChI=1S/C14H23NO4/c1-10-14(18-7-8-19-14)9-11-5-3-4-6-12(11)15(10)13(16)17-2/h10-12H,3-9H2,1-2H3/t10-,11+,12+/m0/s1. The highest BCUT2D eigenvalue weighted by Crippen LogP contribution is 2.46. The van der Waals surface area contributed by atoms with Crippen LogP contribution >= 0.6 is 0 Å². The Morgan fingerprint density at radius 1 is 1.26 bits per heavy atom. The zero-order chi connectivity index (χ0) is 13.5. The lowest BCUT2D eigenvalue weighted by Gasteiger charge is -2.53. The highest BCUT2D eigenvalue weighted by molar-refractivity contribution is 5.68. The molecule has 3 fully saturated rings. The van der Waals surface area contributed by atoms with Crippen molar-refractivity contribution in [3.05, 3.63) is 0 Å². The quantitative estimate of drug-likeness (QED) is 0.676. The van der Waals surface area contributed by atoms with E-state index in [9.17, 15) is 4.79 Å². The number of carbonyl (C=O) groups excluding carboxylic acids is 1. The van der Waals surface area contributed by atoms with E-state index in [0.29, 0.717) is 19.1 Å². The topological polar surface area (TPSA) is 48.0 Å². The molecular formula is C14H23NO4. The zero-order valence-electron chi connectivity index (χ0n) is 11.8. The third kappa shape index (κ3) is 2.03. The number of piperidine rings is 1. The Bertz CT molecular complexity index is 353. The van der Waals surface area contributed by atoms with Crippen molar-refractivity contribution in [3.8, 4) is 0 Å². The van der Waals surface area contributed by atoms with Gasteiger partial charge < -0.3 is 14.2 Å². The molecule has 5 heteroatoms. The molecule has 108 valence electrons. The third-order valence-corrected chi connectivity index (χ3v) is 4.99. The van der Waals surface area contributed by atoms with Gasteiger partial charge in [0.2, 0.25) is 0 Å². The van der Waals surface area contributed by atoms with Gasteiger partial charge in [-0.25, -0.2) is 4.79 Å². The average molecular weight is 269 g/mol. The van der Waals surface area contributed by atoms with Gasteiger partial charge >= 0.3 is 6.09 Å². The second-order valence-corrected chi connectivity index (χ2v) is 5.88.